The van der Waals surface area contributed by atoms with Crippen molar-refractivity contribution in [3.8, 4) is 0 Å². The zero-order valence-electron chi connectivity index (χ0n) is 17.6. The number of ether oxygens (including phenoxy) is 1. The summed E-state index contributed by atoms with van der Waals surface area (Å²) in [7, 11) is 0. The quantitative estimate of drug-likeness (QED) is 0.363. The number of hydrogen-bond acceptors (Lipinski definition) is 7. The maximum atomic E-state index is 12.7. The minimum atomic E-state index is -0.643. The fraction of sp³-hybridized carbons (Fsp3) is 0.273. The maximum Gasteiger partial charge on any atom is 0.349 e. The van der Waals surface area contributed by atoms with E-state index < -0.39 is 5.97 Å². The van der Waals surface area contributed by atoms with Gasteiger partial charge >= 0.3 is 5.97 Å². The molecule has 0 atom stereocenters. The highest BCUT2D eigenvalue weighted by molar-refractivity contribution is 7.20. The third-order valence-corrected chi connectivity index (χ3v) is 6.37. The van der Waals surface area contributed by atoms with Crippen LogP contribution in [0.5, 0.6) is 0 Å². The molecule has 4 aromatic heterocycles. The van der Waals surface area contributed by atoms with Gasteiger partial charge in [0.05, 0.1) is 18.2 Å². The minimum Gasteiger partial charge on any atom is -0.467 e. The molecule has 0 spiro atoms. The van der Waals surface area contributed by atoms with Gasteiger partial charge in [-0.2, -0.15) is 0 Å². The maximum absolute atomic E-state index is 12.7. The van der Waals surface area contributed by atoms with Crippen molar-refractivity contribution < 1.29 is 18.7 Å². The zero-order chi connectivity index (χ0) is 22.3. The van der Waals surface area contributed by atoms with Crippen LogP contribution < -0.4 is 5.56 Å². The molecule has 0 fully saturated rings. The molecule has 160 valence electrons. The van der Waals surface area contributed by atoms with Gasteiger partial charge in [-0.15, -0.1) is 11.3 Å². The van der Waals surface area contributed by atoms with Crippen molar-refractivity contribution in [1.82, 2.24) is 14.5 Å². The topological polar surface area (TPSA) is 107 Å². The number of carbonyl (C=O) groups is 2. The van der Waals surface area contributed by atoms with Crippen LogP contribution in [0.4, 0.5) is 0 Å². The number of furan rings is 1. The number of aromatic nitrogens is 3. The van der Waals surface area contributed by atoms with Crippen LogP contribution in [0.25, 0.3) is 10.2 Å². The Hall–Kier alpha value is -3.46. The summed E-state index contributed by atoms with van der Waals surface area (Å²) in [4.78, 5) is 45.2. The third-order valence-electron chi connectivity index (χ3n) is 5.21. The van der Waals surface area contributed by atoms with E-state index in [4.69, 9.17) is 9.15 Å². The van der Waals surface area contributed by atoms with Crippen LogP contribution in [-0.2, 0) is 11.3 Å². The Morgan fingerprint density at radius 2 is 2.03 bits per heavy atom. The first-order valence-electron chi connectivity index (χ1n) is 9.65. The Labute approximate surface area is 181 Å². The Kier molecular flexibility index (Phi) is 5.36. The predicted octanol–water partition coefficient (Wildman–Crippen LogP) is 3.70. The molecule has 0 aliphatic rings. The van der Waals surface area contributed by atoms with E-state index in [2.05, 4.69) is 9.97 Å². The minimum absolute atomic E-state index is 0.273. The number of rotatable bonds is 6. The molecule has 0 radical (unpaired) electrons. The van der Waals surface area contributed by atoms with E-state index in [0.717, 1.165) is 28.5 Å². The highest BCUT2D eigenvalue weighted by Gasteiger charge is 2.22. The van der Waals surface area contributed by atoms with Gasteiger partial charge in [0.2, 0.25) is 5.78 Å². The predicted molar refractivity (Wildman–Crippen MR) is 116 cm³/mol. The summed E-state index contributed by atoms with van der Waals surface area (Å²) in [6, 6.07) is 5.47. The molecule has 0 saturated heterocycles. The second-order valence-electron chi connectivity index (χ2n) is 7.34. The van der Waals surface area contributed by atoms with Crippen LogP contribution >= 0.6 is 11.3 Å². The van der Waals surface area contributed by atoms with E-state index in [-0.39, 0.29) is 22.8 Å². The number of aromatic amines is 1. The number of Topliss-reactive ketones (excluding diaryl/α,β-unsaturated/α-hetero) is 1. The summed E-state index contributed by atoms with van der Waals surface area (Å²) < 4.78 is 12.7. The summed E-state index contributed by atoms with van der Waals surface area (Å²) in [6.45, 7) is 7.23. The highest BCUT2D eigenvalue weighted by Crippen LogP contribution is 2.27. The summed E-state index contributed by atoms with van der Waals surface area (Å²) in [5.74, 6) is 0.318. The fourth-order valence-electron chi connectivity index (χ4n) is 3.61. The van der Waals surface area contributed by atoms with Gasteiger partial charge in [-0.05, 0) is 51.5 Å². The molecule has 0 aliphatic carbocycles. The molecule has 4 aromatic rings. The molecule has 9 heteroatoms. The molecule has 0 aromatic carbocycles. The Bertz CT molecular complexity index is 1360. The largest absolute Gasteiger partial charge is 0.467 e. The third kappa shape index (κ3) is 3.84. The number of aryl methyl sites for hydroxylation is 3. The van der Waals surface area contributed by atoms with Gasteiger partial charge < -0.3 is 18.7 Å². The van der Waals surface area contributed by atoms with Crippen LogP contribution in [0.15, 0.2) is 33.7 Å². The number of nitrogens with zero attached hydrogens (tertiary/aromatic N) is 2. The van der Waals surface area contributed by atoms with Gasteiger partial charge in [0.25, 0.3) is 5.56 Å². The number of H-pyrrole nitrogens is 1. The number of nitrogens with one attached hydrogen (secondary N) is 1. The van der Waals surface area contributed by atoms with Crippen LogP contribution in [-0.4, -0.2) is 32.9 Å². The van der Waals surface area contributed by atoms with Crippen molar-refractivity contribution in [3.05, 3.63) is 73.8 Å². The molecule has 1 N–H and O–H groups in total. The van der Waals surface area contributed by atoms with E-state index in [0.29, 0.717) is 33.7 Å². The smallest absolute Gasteiger partial charge is 0.349 e. The molecular formula is C22H21N3O5S. The molecular weight excluding hydrogens is 418 g/mol. The second-order valence-corrected chi connectivity index (χ2v) is 8.34. The van der Waals surface area contributed by atoms with Crippen molar-refractivity contribution >= 4 is 33.3 Å². The molecule has 31 heavy (non-hydrogen) atoms. The summed E-state index contributed by atoms with van der Waals surface area (Å²) in [5.41, 5.74) is 2.39. The first kappa shape index (κ1) is 20.8. The van der Waals surface area contributed by atoms with Crippen molar-refractivity contribution in [2.24, 2.45) is 0 Å². The number of ketones is 1. The number of thiophene rings is 1. The van der Waals surface area contributed by atoms with E-state index >= 15 is 0 Å². The SMILES string of the molecule is Cc1nc2sc(C(=O)OCC(=O)c3cc(C)n(Cc4ccco4)c3C)c(C)c2c(=O)[nH]1. The van der Waals surface area contributed by atoms with Crippen LogP contribution in [0, 0.1) is 27.7 Å². The molecule has 8 nitrogen and oxygen atoms in total. The lowest BCUT2D eigenvalue weighted by Gasteiger charge is -2.08. The average molecular weight is 439 g/mol. The van der Waals surface area contributed by atoms with Crippen molar-refractivity contribution in [2.45, 2.75) is 34.2 Å². The van der Waals surface area contributed by atoms with Gasteiger partial charge in [0.15, 0.2) is 6.61 Å². The molecule has 4 rings (SSSR count). The van der Waals surface area contributed by atoms with Gasteiger partial charge in [-0.25, -0.2) is 9.78 Å². The first-order chi connectivity index (χ1) is 14.8. The van der Waals surface area contributed by atoms with Gasteiger partial charge in [-0.3, -0.25) is 9.59 Å². The normalized spacial score (nSPS) is 11.2. The molecule has 0 saturated carbocycles. The van der Waals surface area contributed by atoms with E-state index in [1.165, 1.54) is 0 Å². The number of hydrogen-bond donors (Lipinski definition) is 1. The van der Waals surface area contributed by atoms with E-state index in [1.54, 1.807) is 26.2 Å². The lowest BCUT2D eigenvalue weighted by molar-refractivity contribution is 0.0479. The molecule has 0 unspecified atom stereocenters. The van der Waals surface area contributed by atoms with Crippen LogP contribution in [0.3, 0.4) is 0 Å². The summed E-state index contributed by atoms with van der Waals surface area (Å²) in [5, 5.41) is 0.371. The van der Waals surface area contributed by atoms with E-state index in [1.807, 2.05) is 30.5 Å². The van der Waals surface area contributed by atoms with Gasteiger partial charge in [-0.1, -0.05) is 0 Å². The monoisotopic (exact) mass is 439 g/mol. The lowest BCUT2D eigenvalue weighted by atomic mass is 10.1. The molecule has 0 bridgehead atoms. The fourth-order valence-corrected chi connectivity index (χ4v) is 4.73. The van der Waals surface area contributed by atoms with Crippen molar-refractivity contribution in [3.63, 3.8) is 0 Å². The lowest BCUT2D eigenvalue weighted by Crippen LogP contribution is -2.15. The molecule has 0 amide bonds. The Morgan fingerprint density at radius 3 is 2.74 bits per heavy atom. The summed E-state index contributed by atoms with van der Waals surface area (Å²) >= 11 is 1.09. The van der Waals surface area contributed by atoms with Gasteiger partial charge in [0.1, 0.15) is 21.3 Å². The summed E-state index contributed by atoms with van der Waals surface area (Å²) in [6.07, 6.45) is 1.61. The number of esters is 1. The van der Waals surface area contributed by atoms with Crippen molar-refractivity contribution in [1.29, 1.82) is 0 Å². The first-order valence-corrected chi connectivity index (χ1v) is 10.5. The highest BCUT2D eigenvalue weighted by atomic mass is 32.1. The zero-order valence-corrected chi connectivity index (χ0v) is 18.4. The van der Waals surface area contributed by atoms with Crippen molar-refractivity contribution in [2.75, 3.05) is 6.61 Å². The average Bonchev–Trinajstić information content (AvgIpc) is 3.41. The van der Waals surface area contributed by atoms with E-state index in [9.17, 15) is 14.4 Å². The number of fused-ring (bicyclic) bond motifs is 1. The number of carbonyl (C=O) groups excluding carboxylic acids is 2. The molecule has 4 heterocycles. The Balaban J connectivity index is 1.51. The van der Waals surface area contributed by atoms with Gasteiger partial charge in [0, 0.05) is 17.0 Å². The Morgan fingerprint density at radius 1 is 1.26 bits per heavy atom. The van der Waals surface area contributed by atoms with Crippen LogP contribution in [0.2, 0.25) is 0 Å². The second kappa shape index (κ2) is 7.99. The van der Waals surface area contributed by atoms with Crippen LogP contribution in [0.1, 0.15) is 48.6 Å². The molecule has 0 aliphatic heterocycles. The standard InChI is InChI=1S/C22H21N3O5S/c1-11-8-16(13(3)25(11)9-15-6-5-7-29-15)17(26)10-30-22(28)19-12(2)18-20(27)23-14(4)24-21(18)31-19/h5-8H,9-10H2,1-4H3,(H,23,24,27).